The van der Waals surface area contributed by atoms with Gasteiger partial charge in [-0.15, -0.1) is 0 Å². The van der Waals surface area contributed by atoms with Crippen molar-refractivity contribution in [3.63, 3.8) is 0 Å². The molecule has 16 heavy (non-hydrogen) atoms. The van der Waals surface area contributed by atoms with Gasteiger partial charge in [-0.2, -0.15) is 0 Å². The molecule has 0 aliphatic carbocycles. The van der Waals surface area contributed by atoms with Crippen molar-refractivity contribution in [2.24, 2.45) is 5.41 Å². The minimum Gasteiger partial charge on any atom is -0.392 e. The van der Waals surface area contributed by atoms with Gasteiger partial charge in [0.25, 0.3) is 0 Å². The van der Waals surface area contributed by atoms with Gasteiger partial charge in [0, 0.05) is 19.8 Å². The minimum absolute atomic E-state index is 0.0553. The lowest BCUT2D eigenvalue weighted by molar-refractivity contribution is 0.0636. The fourth-order valence-corrected chi connectivity index (χ4v) is 1.46. The van der Waals surface area contributed by atoms with Crippen molar-refractivity contribution in [2.75, 3.05) is 19.0 Å². The molecule has 1 unspecified atom stereocenters. The highest BCUT2D eigenvalue weighted by molar-refractivity contribution is 5.46. The van der Waals surface area contributed by atoms with Crippen LogP contribution in [0.25, 0.3) is 0 Å². The highest BCUT2D eigenvalue weighted by Crippen LogP contribution is 2.23. The molecular formula is C14H23NO. The summed E-state index contributed by atoms with van der Waals surface area (Å²) in [6.45, 7) is 6.18. The highest BCUT2D eigenvalue weighted by Gasteiger charge is 2.21. The molecule has 0 amide bonds. The number of rotatable bonds is 3. The first-order chi connectivity index (χ1) is 7.30. The van der Waals surface area contributed by atoms with Gasteiger partial charge in [-0.1, -0.05) is 32.9 Å². The van der Waals surface area contributed by atoms with E-state index >= 15 is 0 Å². The summed E-state index contributed by atoms with van der Waals surface area (Å²) in [5.41, 5.74) is 2.32. The molecule has 1 rings (SSSR count). The third-order valence-corrected chi connectivity index (χ3v) is 2.88. The zero-order valence-electron chi connectivity index (χ0n) is 11.0. The molecule has 1 atom stereocenters. The summed E-state index contributed by atoms with van der Waals surface area (Å²) < 4.78 is 0. The molecule has 0 bridgehead atoms. The van der Waals surface area contributed by atoms with Crippen molar-refractivity contribution in [2.45, 2.75) is 33.3 Å². The summed E-state index contributed by atoms with van der Waals surface area (Å²) in [7, 11) is 4.05. The molecule has 0 radical (unpaired) electrons. The van der Waals surface area contributed by atoms with Crippen molar-refractivity contribution >= 4 is 5.69 Å². The molecule has 2 nitrogen and oxygen atoms in total. The van der Waals surface area contributed by atoms with E-state index in [1.54, 1.807) is 0 Å². The molecule has 0 saturated heterocycles. The Morgan fingerprint density at radius 2 is 1.62 bits per heavy atom. The quantitative estimate of drug-likeness (QED) is 0.848. The van der Waals surface area contributed by atoms with Crippen molar-refractivity contribution in [1.29, 1.82) is 0 Å². The number of aliphatic hydroxyl groups excluding tert-OH is 1. The van der Waals surface area contributed by atoms with Crippen LogP contribution in [0.2, 0.25) is 0 Å². The second-order valence-corrected chi connectivity index (χ2v) is 5.65. The van der Waals surface area contributed by atoms with E-state index in [2.05, 4.69) is 49.9 Å². The molecule has 0 saturated carbocycles. The Labute approximate surface area is 98.9 Å². The van der Waals surface area contributed by atoms with Crippen molar-refractivity contribution in [3.8, 4) is 0 Å². The van der Waals surface area contributed by atoms with E-state index in [4.69, 9.17) is 0 Å². The van der Waals surface area contributed by atoms with E-state index in [0.717, 1.165) is 6.42 Å². The minimum atomic E-state index is -0.294. The van der Waals surface area contributed by atoms with Gasteiger partial charge in [0.15, 0.2) is 0 Å². The molecule has 90 valence electrons. The largest absolute Gasteiger partial charge is 0.392 e. The fraction of sp³-hybridized carbons (Fsp3) is 0.571. The standard InChI is InChI=1S/C14H23NO/c1-14(2,3)13(16)10-11-6-8-12(9-7-11)15(4)5/h6-9,13,16H,10H2,1-5H3. The summed E-state index contributed by atoms with van der Waals surface area (Å²) in [5.74, 6) is 0. The zero-order chi connectivity index (χ0) is 12.3. The van der Waals surface area contributed by atoms with E-state index in [1.807, 2.05) is 14.1 Å². The molecule has 0 fully saturated rings. The topological polar surface area (TPSA) is 23.5 Å². The summed E-state index contributed by atoms with van der Waals surface area (Å²) in [6.07, 6.45) is 0.426. The monoisotopic (exact) mass is 221 g/mol. The maximum atomic E-state index is 10.0. The molecule has 0 aliphatic rings. The fourth-order valence-electron chi connectivity index (χ4n) is 1.46. The first-order valence-corrected chi connectivity index (χ1v) is 5.75. The van der Waals surface area contributed by atoms with Gasteiger partial charge in [0.1, 0.15) is 0 Å². The molecular weight excluding hydrogens is 198 g/mol. The van der Waals surface area contributed by atoms with Gasteiger partial charge in [-0.05, 0) is 29.5 Å². The Morgan fingerprint density at radius 3 is 2.00 bits per heavy atom. The molecule has 2 heteroatoms. The average Bonchev–Trinajstić information content (AvgIpc) is 2.17. The van der Waals surface area contributed by atoms with Crippen LogP contribution < -0.4 is 4.90 Å². The summed E-state index contributed by atoms with van der Waals surface area (Å²) in [6, 6.07) is 8.35. The van der Waals surface area contributed by atoms with E-state index < -0.39 is 0 Å². The van der Waals surface area contributed by atoms with Crippen LogP contribution in [-0.4, -0.2) is 25.3 Å². The Balaban J connectivity index is 2.69. The third kappa shape index (κ3) is 3.53. The molecule has 0 aromatic heterocycles. The third-order valence-electron chi connectivity index (χ3n) is 2.88. The maximum Gasteiger partial charge on any atom is 0.0628 e. The van der Waals surface area contributed by atoms with Gasteiger partial charge in [-0.25, -0.2) is 0 Å². The number of hydrogen-bond acceptors (Lipinski definition) is 2. The van der Waals surface area contributed by atoms with Crippen LogP contribution in [0.3, 0.4) is 0 Å². The van der Waals surface area contributed by atoms with Crippen molar-refractivity contribution < 1.29 is 5.11 Å². The predicted octanol–water partition coefficient (Wildman–Crippen LogP) is 2.70. The molecule has 1 N–H and O–H groups in total. The number of anilines is 1. The summed E-state index contributed by atoms with van der Waals surface area (Å²) in [4.78, 5) is 2.07. The Kier molecular flexibility index (Phi) is 3.98. The smallest absolute Gasteiger partial charge is 0.0628 e. The summed E-state index contributed by atoms with van der Waals surface area (Å²) >= 11 is 0. The summed E-state index contributed by atoms with van der Waals surface area (Å²) in [5, 5.41) is 10.0. The van der Waals surface area contributed by atoms with Gasteiger partial charge in [0.2, 0.25) is 0 Å². The second kappa shape index (κ2) is 4.88. The highest BCUT2D eigenvalue weighted by atomic mass is 16.3. The number of hydrogen-bond donors (Lipinski definition) is 1. The van der Waals surface area contributed by atoms with Crippen molar-refractivity contribution in [1.82, 2.24) is 0 Å². The Bertz CT molecular complexity index is 322. The molecule has 0 aliphatic heterocycles. The van der Waals surface area contributed by atoms with E-state index in [1.165, 1.54) is 11.3 Å². The predicted molar refractivity (Wildman–Crippen MR) is 69.9 cm³/mol. The normalized spacial score (nSPS) is 13.6. The lowest BCUT2D eigenvalue weighted by Gasteiger charge is -2.26. The Morgan fingerprint density at radius 1 is 1.12 bits per heavy atom. The number of aliphatic hydroxyl groups is 1. The van der Waals surface area contributed by atoms with Crippen molar-refractivity contribution in [3.05, 3.63) is 29.8 Å². The maximum absolute atomic E-state index is 10.0. The first-order valence-electron chi connectivity index (χ1n) is 5.75. The first kappa shape index (κ1) is 13.0. The lowest BCUT2D eigenvalue weighted by Crippen LogP contribution is -2.28. The molecule has 0 spiro atoms. The SMILES string of the molecule is CN(C)c1ccc(CC(O)C(C)(C)C)cc1. The van der Waals surface area contributed by atoms with Gasteiger partial charge in [-0.3, -0.25) is 0 Å². The average molecular weight is 221 g/mol. The van der Waals surface area contributed by atoms with Crippen LogP contribution in [-0.2, 0) is 6.42 Å². The number of benzene rings is 1. The molecule has 0 heterocycles. The second-order valence-electron chi connectivity index (χ2n) is 5.65. The van der Waals surface area contributed by atoms with E-state index in [-0.39, 0.29) is 11.5 Å². The number of nitrogens with zero attached hydrogens (tertiary/aromatic N) is 1. The molecule has 1 aromatic rings. The van der Waals surface area contributed by atoms with E-state index in [9.17, 15) is 5.11 Å². The molecule has 1 aromatic carbocycles. The van der Waals surface area contributed by atoms with Crippen LogP contribution in [0.5, 0.6) is 0 Å². The van der Waals surface area contributed by atoms with Gasteiger partial charge in [0.05, 0.1) is 6.10 Å². The van der Waals surface area contributed by atoms with Crippen LogP contribution in [0.15, 0.2) is 24.3 Å². The van der Waals surface area contributed by atoms with Crippen LogP contribution in [0.1, 0.15) is 26.3 Å². The lowest BCUT2D eigenvalue weighted by atomic mass is 9.85. The van der Waals surface area contributed by atoms with Crippen LogP contribution >= 0.6 is 0 Å². The Hall–Kier alpha value is -1.02. The zero-order valence-corrected chi connectivity index (χ0v) is 11.0. The van der Waals surface area contributed by atoms with Gasteiger partial charge >= 0.3 is 0 Å². The van der Waals surface area contributed by atoms with Gasteiger partial charge < -0.3 is 10.0 Å². The van der Waals surface area contributed by atoms with E-state index in [0.29, 0.717) is 0 Å². The van der Waals surface area contributed by atoms with Crippen LogP contribution in [0.4, 0.5) is 5.69 Å². The van der Waals surface area contributed by atoms with Crippen LogP contribution in [0, 0.1) is 5.41 Å².